The number of halogens is 1. The minimum Gasteiger partial charge on any atom is -0.475 e. The lowest BCUT2D eigenvalue weighted by atomic mass is 9.80. The molecule has 182 valence electrons. The van der Waals surface area contributed by atoms with Crippen LogP contribution in [0.15, 0.2) is 23.3 Å². The molecule has 1 aromatic heterocycles. The molecule has 1 aliphatic heterocycles. The molecule has 0 amide bonds. The Hall–Kier alpha value is -1.17. The van der Waals surface area contributed by atoms with E-state index in [1.807, 2.05) is 12.1 Å². The van der Waals surface area contributed by atoms with E-state index in [0.29, 0.717) is 25.6 Å². The van der Waals surface area contributed by atoms with E-state index in [0.717, 1.165) is 50.9 Å². The molecule has 1 saturated heterocycles. The van der Waals surface area contributed by atoms with Gasteiger partial charge in [0.1, 0.15) is 6.61 Å². The molecule has 1 aliphatic carbocycles. The first-order valence-corrected chi connectivity index (χ1v) is 11.7. The predicted molar refractivity (Wildman–Crippen MR) is 138 cm³/mol. The summed E-state index contributed by atoms with van der Waals surface area (Å²) < 4.78 is 16.4. The van der Waals surface area contributed by atoms with Gasteiger partial charge in [0, 0.05) is 50.6 Å². The highest BCUT2D eigenvalue weighted by Gasteiger charge is 2.38. The number of morpholine rings is 1. The molecule has 3 rings (SSSR count). The summed E-state index contributed by atoms with van der Waals surface area (Å²) in [6.45, 7) is 9.06. The number of aliphatic imine (C=N–C) groups is 1. The molecule has 0 aromatic carbocycles. The van der Waals surface area contributed by atoms with Crippen molar-refractivity contribution in [2.45, 2.75) is 51.1 Å². The molecule has 2 aliphatic rings. The number of aromatic nitrogens is 1. The van der Waals surface area contributed by atoms with Crippen LogP contribution in [0, 0.1) is 0 Å². The van der Waals surface area contributed by atoms with Gasteiger partial charge in [0.05, 0.1) is 26.4 Å². The van der Waals surface area contributed by atoms with Crippen molar-refractivity contribution >= 4 is 29.9 Å². The zero-order chi connectivity index (χ0) is 21.8. The lowest BCUT2D eigenvalue weighted by Crippen LogP contribution is -2.60. The third-order valence-electron chi connectivity index (χ3n) is 6.18. The molecule has 9 heteroatoms. The Labute approximate surface area is 209 Å². The van der Waals surface area contributed by atoms with Gasteiger partial charge in [-0.1, -0.05) is 25.3 Å². The van der Waals surface area contributed by atoms with E-state index in [4.69, 9.17) is 19.2 Å². The maximum absolute atomic E-state index is 5.76. The van der Waals surface area contributed by atoms with E-state index in [-0.39, 0.29) is 29.5 Å². The maximum Gasteiger partial charge on any atom is 0.218 e. The van der Waals surface area contributed by atoms with Gasteiger partial charge in [-0.15, -0.1) is 24.0 Å². The fourth-order valence-electron chi connectivity index (χ4n) is 4.50. The van der Waals surface area contributed by atoms with Crippen LogP contribution in [0.2, 0.25) is 0 Å². The second-order valence-corrected chi connectivity index (χ2v) is 8.24. The van der Waals surface area contributed by atoms with E-state index in [1.54, 1.807) is 13.3 Å². The van der Waals surface area contributed by atoms with Crippen LogP contribution in [-0.2, 0) is 16.0 Å². The Morgan fingerprint density at radius 3 is 2.69 bits per heavy atom. The van der Waals surface area contributed by atoms with Crippen molar-refractivity contribution in [2.75, 3.05) is 59.7 Å². The summed E-state index contributed by atoms with van der Waals surface area (Å²) in [4.78, 5) is 11.8. The Morgan fingerprint density at radius 2 is 1.97 bits per heavy atom. The molecule has 32 heavy (non-hydrogen) atoms. The Bertz CT molecular complexity index is 679. The second-order valence-electron chi connectivity index (χ2n) is 8.24. The number of hydrogen-bond acceptors (Lipinski definition) is 6. The smallest absolute Gasteiger partial charge is 0.218 e. The van der Waals surface area contributed by atoms with Gasteiger partial charge >= 0.3 is 0 Å². The molecular formula is C23H40IN5O3. The van der Waals surface area contributed by atoms with Gasteiger partial charge < -0.3 is 24.8 Å². The molecule has 0 unspecified atom stereocenters. The highest BCUT2D eigenvalue weighted by molar-refractivity contribution is 14.0. The highest BCUT2D eigenvalue weighted by Crippen LogP contribution is 2.33. The number of hydrogen-bond donors (Lipinski definition) is 2. The number of rotatable bonds is 10. The van der Waals surface area contributed by atoms with Gasteiger partial charge in [0.15, 0.2) is 5.96 Å². The minimum atomic E-state index is 0. The molecule has 8 nitrogen and oxygen atoms in total. The minimum absolute atomic E-state index is 0. The molecular weight excluding hydrogens is 521 g/mol. The van der Waals surface area contributed by atoms with Gasteiger partial charge in [-0.2, -0.15) is 0 Å². The summed E-state index contributed by atoms with van der Waals surface area (Å²) in [7, 11) is 1.66. The average molecular weight is 562 g/mol. The number of pyridine rings is 1. The van der Waals surface area contributed by atoms with Crippen molar-refractivity contribution in [1.29, 1.82) is 0 Å². The van der Waals surface area contributed by atoms with Gasteiger partial charge in [0.25, 0.3) is 0 Å². The quantitative estimate of drug-likeness (QED) is 0.197. The predicted octanol–water partition coefficient (Wildman–Crippen LogP) is 2.82. The van der Waals surface area contributed by atoms with E-state index in [1.165, 1.54) is 32.1 Å². The SMILES string of the molecule is CCNC(=NCc1cccnc1OCCOC)NCC1(N2CCOCC2)CCCCC1.I. The van der Waals surface area contributed by atoms with E-state index in [9.17, 15) is 0 Å². The summed E-state index contributed by atoms with van der Waals surface area (Å²) in [6.07, 6.45) is 8.15. The van der Waals surface area contributed by atoms with Gasteiger partial charge in [-0.3, -0.25) is 4.90 Å². The van der Waals surface area contributed by atoms with Crippen molar-refractivity contribution in [3.8, 4) is 5.88 Å². The molecule has 0 radical (unpaired) electrons. The fourth-order valence-corrected chi connectivity index (χ4v) is 4.50. The normalized spacial score (nSPS) is 19.1. The van der Waals surface area contributed by atoms with Crippen molar-refractivity contribution in [3.05, 3.63) is 23.9 Å². The first kappa shape index (κ1) is 27.1. The summed E-state index contributed by atoms with van der Waals surface area (Å²) >= 11 is 0. The molecule has 1 aromatic rings. The van der Waals surface area contributed by atoms with Crippen molar-refractivity contribution in [3.63, 3.8) is 0 Å². The molecule has 0 atom stereocenters. The maximum atomic E-state index is 5.76. The van der Waals surface area contributed by atoms with Crippen LogP contribution in [-0.4, -0.2) is 81.1 Å². The molecule has 2 N–H and O–H groups in total. The molecule has 2 heterocycles. The number of guanidine groups is 1. The first-order chi connectivity index (χ1) is 15.3. The van der Waals surface area contributed by atoms with Gasteiger partial charge in [-0.05, 0) is 25.8 Å². The van der Waals surface area contributed by atoms with Crippen LogP contribution in [0.1, 0.15) is 44.6 Å². The number of nitrogens with zero attached hydrogens (tertiary/aromatic N) is 3. The summed E-state index contributed by atoms with van der Waals surface area (Å²) in [5, 5.41) is 7.04. The lowest BCUT2D eigenvalue weighted by Gasteiger charge is -2.48. The largest absolute Gasteiger partial charge is 0.475 e. The van der Waals surface area contributed by atoms with Crippen molar-refractivity contribution in [2.24, 2.45) is 4.99 Å². The Balaban J connectivity index is 0.00000363. The zero-order valence-electron chi connectivity index (χ0n) is 19.6. The first-order valence-electron chi connectivity index (χ1n) is 11.7. The number of methoxy groups -OCH3 is 1. The number of ether oxygens (including phenoxy) is 3. The van der Waals surface area contributed by atoms with Crippen LogP contribution in [0.4, 0.5) is 0 Å². The van der Waals surface area contributed by atoms with Crippen LogP contribution in [0.25, 0.3) is 0 Å². The second kappa shape index (κ2) is 14.9. The molecule has 0 spiro atoms. The van der Waals surface area contributed by atoms with Crippen LogP contribution in [0.3, 0.4) is 0 Å². The molecule has 2 fully saturated rings. The summed E-state index contributed by atoms with van der Waals surface area (Å²) in [6, 6.07) is 3.93. The third kappa shape index (κ3) is 8.00. The Morgan fingerprint density at radius 1 is 1.19 bits per heavy atom. The van der Waals surface area contributed by atoms with Crippen LogP contribution >= 0.6 is 24.0 Å². The topological polar surface area (TPSA) is 80.2 Å². The van der Waals surface area contributed by atoms with Gasteiger partial charge in [0.2, 0.25) is 5.88 Å². The van der Waals surface area contributed by atoms with Crippen LogP contribution < -0.4 is 15.4 Å². The third-order valence-corrected chi connectivity index (χ3v) is 6.18. The monoisotopic (exact) mass is 561 g/mol. The van der Waals surface area contributed by atoms with E-state index in [2.05, 4.69) is 27.4 Å². The molecule has 0 bridgehead atoms. The Kier molecular flexibility index (Phi) is 12.6. The van der Waals surface area contributed by atoms with E-state index >= 15 is 0 Å². The molecule has 1 saturated carbocycles. The lowest BCUT2D eigenvalue weighted by molar-refractivity contribution is -0.0352. The van der Waals surface area contributed by atoms with Gasteiger partial charge in [-0.25, -0.2) is 9.98 Å². The summed E-state index contributed by atoms with van der Waals surface area (Å²) in [5.74, 6) is 1.46. The van der Waals surface area contributed by atoms with Crippen LogP contribution in [0.5, 0.6) is 5.88 Å². The highest BCUT2D eigenvalue weighted by atomic mass is 127. The van der Waals surface area contributed by atoms with Crippen molar-refractivity contribution < 1.29 is 14.2 Å². The standard InChI is InChI=1S/C23H39N5O3.HI/c1-3-24-22(26-18-20-8-7-11-25-21(20)31-17-16-29-2)27-19-23(9-5-4-6-10-23)28-12-14-30-15-13-28;/h7-8,11H,3-6,9-10,12-19H2,1-2H3,(H2,24,26,27);1H. The van der Waals surface area contributed by atoms with E-state index < -0.39 is 0 Å². The van der Waals surface area contributed by atoms with Crippen molar-refractivity contribution in [1.82, 2.24) is 20.5 Å². The number of nitrogens with one attached hydrogen (secondary N) is 2. The zero-order valence-corrected chi connectivity index (χ0v) is 21.9. The summed E-state index contributed by atoms with van der Waals surface area (Å²) in [5.41, 5.74) is 1.16. The fraction of sp³-hybridized carbons (Fsp3) is 0.739. The average Bonchev–Trinajstić information content (AvgIpc) is 2.83.